The quantitative estimate of drug-likeness (QED) is 0.829. The van der Waals surface area contributed by atoms with E-state index in [-0.39, 0.29) is 24.0 Å². The van der Waals surface area contributed by atoms with Crippen LogP contribution in [0.1, 0.15) is 36.5 Å². The van der Waals surface area contributed by atoms with Crippen LogP contribution in [-0.4, -0.2) is 32.3 Å². The highest BCUT2D eigenvalue weighted by atomic mass is 16.5. The summed E-state index contributed by atoms with van der Waals surface area (Å²) in [4.78, 5) is 11.3. The van der Waals surface area contributed by atoms with Crippen molar-refractivity contribution in [2.45, 2.75) is 45.3 Å². The lowest BCUT2D eigenvalue weighted by atomic mass is 9.87. The summed E-state index contributed by atoms with van der Waals surface area (Å²) in [6.45, 7) is 5.36. The van der Waals surface area contributed by atoms with Gasteiger partial charge in [-0.2, -0.15) is 0 Å². The largest absolute Gasteiger partial charge is 0.493 e. The van der Waals surface area contributed by atoms with Crippen LogP contribution in [0.2, 0.25) is 0 Å². The number of methoxy groups -OCH3 is 2. The van der Waals surface area contributed by atoms with Gasteiger partial charge in [-0.05, 0) is 19.4 Å². The molecule has 1 unspecified atom stereocenters. The molecule has 0 bridgehead atoms. The minimum Gasteiger partial charge on any atom is -0.493 e. The molecular weight excluding hydrogens is 318 g/mol. The van der Waals surface area contributed by atoms with Gasteiger partial charge in [-0.25, -0.2) is 0 Å². The van der Waals surface area contributed by atoms with Crippen LogP contribution in [-0.2, 0) is 16.0 Å². The second-order valence-corrected chi connectivity index (χ2v) is 6.55. The van der Waals surface area contributed by atoms with E-state index in [9.17, 15) is 4.79 Å². The fourth-order valence-corrected chi connectivity index (χ4v) is 3.88. The van der Waals surface area contributed by atoms with E-state index in [0.29, 0.717) is 6.42 Å². The number of fused-ring (bicyclic) bond motifs is 3. The Kier molecular flexibility index (Phi) is 4.75. The number of hydrogen-bond acceptors (Lipinski definition) is 5. The number of carbonyl (C=O) groups excluding carboxylic acids is 1. The molecule has 0 fully saturated rings. The van der Waals surface area contributed by atoms with Gasteiger partial charge in [-0.3, -0.25) is 4.79 Å². The minimum atomic E-state index is -0.269. The van der Waals surface area contributed by atoms with Crippen LogP contribution in [0.5, 0.6) is 11.5 Å². The van der Waals surface area contributed by atoms with Gasteiger partial charge in [-0.15, -0.1) is 0 Å². The summed E-state index contributed by atoms with van der Waals surface area (Å²) in [7, 11) is 3.33. The number of esters is 1. The SMILES string of the molecule is COc1c(C)c(CC(C)OC(C)=O)c2c(c1OC)[C@H]1C=CC=C[C@H]1N2. The Hall–Kier alpha value is -2.43. The molecule has 25 heavy (non-hydrogen) atoms. The van der Waals surface area contributed by atoms with Crippen LogP contribution >= 0.6 is 0 Å². The molecule has 1 heterocycles. The van der Waals surface area contributed by atoms with E-state index in [4.69, 9.17) is 14.2 Å². The van der Waals surface area contributed by atoms with Crippen molar-refractivity contribution in [1.29, 1.82) is 0 Å². The Morgan fingerprint density at radius 3 is 2.52 bits per heavy atom. The van der Waals surface area contributed by atoms with Crippen molar-refractivity contribution in [3.8, 4) is 11.5 Å². The first-order chi connectivity index (χ1) is 12.0. The molecule has 0 radical (unpaired) electrons. The van der Waals surface area contributed by atoms with Gasteiger partial charge in [0.1, 0.15) is 6.10 Å². The summed E-state index contributed by atoms with van der Waals surface area (Å²) in [5.74, 6) is 1.46. The topological polar surface area (TPSA) is 56.8 Å². The highest BCUT2D eigenvalue weighted by Gasteiger charge is 2.37. The Morgan fingerprint density at radius 1 is 1.20 bits per heavy atom. The molecule has 1 N–H and O–H groups in total. The fourth-order valence-electron chi connectivity index (χ4n) is 3.88. The summed E-state index contributed by atoms with van der Waals surface area (Å²) in [5, 5.41) is 3.62. The molecule has 1 aromatic carbocycles. The van der Waals surface area contributed by atoms with Crippen LogP contribution < -0.4 is 14.8 Å². The van der Waals surface area contributed by atoms with Gasteiger partial charge in [0.05, 0.1) is 20.3 Å². The van der Waals surface area contributed by atoms with Crippen molar-refractivity contribution >= 4 is 11.7 Å². The third-order valence-electron chi connectivity index (χ3n) is 4.86. The predicted octanol–water partition coefficient (Wildman–Crippen LogP) is 3.51. The normalized spacial score (nSPS) is 21.2. The lowest BCUT2D eigenvalue weighted by Gasteiger charge is -2.22. The number of carbonyl (C=O) groups is 1. The van der Waals surface area contributed by atoms with Crippen LogP contribution in [0.15, 0.2) is 24.3 Å². The van der Waals surface area contributed by atoms with Crippen LogP contribution in [0.3, 0.4) is 0 Å². The number of allylic oxidation sites excluding steroid dienone is 2. The molecule has 3 rings (SSSR count). The van der Waals surface area contributed by atoms with Gasteiger partial charge in [0.25, 0.3) is 0 Å². The van der Waals surface area contributed by atoms with Crippen molar-refractivity contribution in [1.82, 2.24) is 0 Å². The third kappa shape index (κ3) is 2.99. The zero-order valence-corrected chi connectivity index (χ0v) is 15.4. The molecule has 2 aliphatic rings. The number of anilines is 1. The van der Waals surface area contributed by atoms with E-state index < -0.39 is 0 Å². The van der Waals surface area contributed by atoms with Crippen LogP contribution in [0.25, 0.3) is 0 Å². The molecule has 5 nitrogen and oxygen atoms in total. The molecule has 134 valence electrons. The van der Waals surface area contributed by atoms with Gasteiger partial charge < -0.3 is 19.5 Å². The zero-order chi connectivity index (χ0) is 18.1. The second kappa shape index (κ2) is 6.82. The van der Waals surface area contributed by atoms with Crippen molar-refractivity contribution in [3.05, 3.63) is 41.0 Å². The molecule has 0 spiro atoms. The molecular formula is C20H25NO4. The maximum atomic E-state index is 11.3. The van der Waals surface area contributed by atoms with Gasteiger partial charge in [0.2, 0.25) is 0 Å². The number of rotatable bonds is 5. The average Bonchev–Trinajstić information content (AvgIpc) is 2.95. The van der Waals surface area contributed by atoms with Crippen molar-refractivity contribution < 1.29 is 19.0 Å². The number of hydrogen-bond donors (Lipinski definition) is 1. The lowest BCUT2D eigenvalue weighted by Crippen LogP contribution is -2.19. The molecule has 1 aromatic rings. The van der Waals surface area contributed by atoms with Gasteiger partial charge >= 0.3 is 5.97 Å². The van der Waals surface area contributed by atoms with E-state index in [1.165, 1.54) is 6.92 Å². The first-order valence-electron chi connectivity index (χ1n) is 8.54. The van der Waals surface area contributed by atoms with Gasteiger partial charge in [0, 0.05) is 36.1 Å². The van der Waals surface area contributed by atoms with Gasteiger partial charge in [-0.1, -0.05) is 24.3 Å². The Bertz CT molecular complexity index is 751. The smallest absolute Gasteiger partial charge is 0.302 e. The summed E-state index contributed by atoms with van der Waals surface area (Å²) < 4.78 is 16.7. The van der Waals surface area contributed by atoms with E-state index in [2.05, 4.69) is 29.6 Å². The first kappa shape index (κ1) is 17.4. The highest BCUT2D eigenvalue weighted by molar-refractivity contribution is 5.77. The van der Waals surface area contributed by atoms with E-state index in [0.717, 1.165) is 33.9 Å². The number of benzene rings is 1. The average molecular weight is 343 g/mol. The lowest BCUT2D eigenvalue weighted by molar-refractivity contribution is -0.145. The minimum absolute atomic E-state index is 0.197. The zero-order valence-electron chi connectivity index (χ0n) is 15.4. The highest BCUT2D eigenvalue weighted by Crippen LogP contribution is 2.52. The number of nitrogens with one attached hydrogen (secondary N) is 1. The fraction of sp³-hybridized carbons (Fsp3) is 0.450. The molecule has 3 atom stereocenters. The summed E-state index contributed by atoms with van der Waals surface area (Å²) in [6, 6.07) is 0.197. The third-order valence-corrected chi connectivity index (χ3v) is 4.86. The molecule has 0 amide bonds. The second-order valence-electron chi connectivity index (χ2n) is 6.55. The van der Waals surface area contributed by atoms with Crippen molar-refractivity contribution in [3.63, 3.8) is 0 Å². The van der Waals surface area contributed by atoms with Crippen LogP contribution in [0.4, 0.5) is 5.69 Å². The number of ether oxygens (including phenoxy) is 3. The van der Waals surface area contributed by atoms with Gasteiger partial charge in [0.15, 0.2) is 11.5 Å². The molecule has 0 saturated carbocycles. The Labute approximate surface area is 148 Å². The van der Waals surface area contributed by atoms with Crippen molar-refractivity contribution in [2.75, 3.05) is 19.5 Å². The molecule has 0 aromatic heterocycles. The van der Waals surface area contributed by atoms with E-state index in [1.54, 1.807) is 14.2 Å². The summed E-state index contributed by atoms with van der Waals surface area (Å²) >= 11 is 0. The Balaban J connectivity index is 2.13. The van der Waals surface area contributed by atoms with Crippen molar-refractivity contribution in [2.24, 2.45) is 0 Å². The first-order valence-corrected chi connectivity index (χ1v) is 8.54. The summed E-state index contributed by atoms with van der Waals surface area (Å²) in [6.07, 6.45) is 8.86. The maximum absolute atomic E-state index is 11.3. The standard InChI is InChI=1S/C20H25NO4/c1-11(25-13(3)22)10-15-12(2)19(23-4)20(24-5)17-14-8-6-7-9-16(14)21-18(15)17/h6-9,11,14,16,21H,10H2,1-5H3/t11?,14-,16+/m0/s1. The summed E-state index contributed by atoms with van der Waals surface area (Å²) in [5.41, 5.74) is 4.30. The predicted molar refractivity (Wildman–Crippen MR) is 97.6 cm³/mol. The molecule has 1 aliphatic heterocycles. The van der Waals surface area contributed by atoms with E-state index in [1.807, 2.05) is 13.8 Å². The molecule has 1 aliphatic carbocycles. The monoisotopic (exact) mass is 343 g/mol. The molecule has 0 saturated heterocycles. The molecule has 5 heteroatoms. The van der Waals surface area contributed by atoms with Crippen LogP contribution in [0, 0.1) is 6.92 Å². The Morgan fingerprint density at radius 2 is 1.88 bits per heavy atom. The maximum Gasteiger partial charge on any atom is 0.302 e. The van der Waals surface area contributed by atoms with E-state index >= 15 is 0 Å².